The third-order valence-electron chi connectivity index (χ3n) is 4.09. The number of para-hydroxylation sites is 1. The van der Waals surface area contributed by atoms with Gasteiger partial charge in [-0.25, -0.2) is 4.39 Å². The maximum atomic E-state index is 13.4. The Hall–Kier alpha value is -1.91. The van der Waals surface area contributed by atoms with Crippen LogP contribution in [0.1, 0.15) is 39.0 Å². The van der Waals surface area contributed by atoms with E-state index in [2.05, 4.69) is 17.6 Å². The van der Waals surface area contributed by atoms with Crippen LogP contribution < -0.4 is 10.6 Å². The monoisotopic (exact) mass is 292 g/mol. The maximum Gasteiger partial charge on any atom is 0.313 e. The summed E-state index contributed by atoms with van der Waals surface area (Å²) in [6.45, 7) is 2.17. The molecule has 1 aromatic carbocycles. The molecule has 21 heavy (non-hydrogen) atoms. The van der Waals surface area contributed by atoms with Gasteiger partial charge in [-0.1, -0.05) is 25.5 Å². The largest absolute Gasteiger partial charge is 0.345 e. The lowest BCUT2D eigenvalue weighted by atomic mass is 9.84. The van der Waals surface area contributed by atoms with Crippen molar-refractivity contribution in [2.75, 3.05) is 5.32 Å². The first kappa shape index (κ1) is 15.5. The van der Waals surface area contributed by atoms with Crippen LogP contribution in [0.2, 0.25) is 0 Å². The average molecular weight is 292 g/mol. The number of carbonyl (C=O) groups is 2. The molecule has 4 nitrogen and oxygen atoms in total. The van der Waals surface area contributed by atoms with Crippen molar-refractivity contribution in [1.29, 1.82) is 0 Å². The molecule has 0 bridgehead atoms. The molecule has 1 aromatic rings. The fraction of sp³-hybridized carbons (Fsp3) is 0.500. The number of halogens is 1. The molecule has 1 saturated carbocycles. The Morgan fingerprint density at radius 2 is 1.81 bits per heavy atom. The highest BCUT2D eigenvalue weighted by molar-refractivity contribution is 6.39. The van der Waals surface area contributed by atoms with E-state index < -0.39 is 17.6 Å². The zero-order valence-electron chi connectivity index (χ0n) is 12.2. The molecule has 2 N–H and O–H groups in total. The Morgan fingerprint density at radius 1 is 1.14 bits per heavy atom. The van der Waals surface area contributed by atoms with E-state index in [4.69, 9.17) is 0 Å². The van der Waals surface area contributed by atoms with Crippen LogP contribution >= 0.6 is 0 Å². The molecular formula is C16H21FN2O2. The van der Waals surface area contributed by atoms with E-state index in [0.717, 1.165) is 38.0 Å². The van der Waals surface area contributed by atoms with Gasteiger partial charge >= 0.3 is 11.8 Å². The zero-order chi connectivity index (χ0) is 15.2. The fourth-order valence-corrected chi connectivity index (χ4v) is 2.71. The number of hydrogen-bond donors (Lipinski definition) is 2. The number of anilines is 1. The molecule has 1 aliphatic carbocycles. The zero-order valence-corrected chi connectivity index (χ0v) is 12.2. The van der Waals surface area contributed by atoms with Crippen molar-refractivity contribution in [3.05, 3.63) is 30.1 Å². The fourth-order valence-electron chi connectivity index (χ4n) is 2.71. The first-order valence-corrected chi connectivity index (χ1v) is 7.46. The molecule has 114 valence electrons. The van der Waals surface area contributed by atoms with Crippen molar-refractivity contribution < 1.29 is 14.0 Å². The highest BCUT2D eigenvalue weighted by Gasteiger charge is 2.24. The molecule has 1 aliphatic rings. The standard InChI is InChI=1S/C16H21FN2O2/c1-2-11-7-9-12(10-8-11)18-15(20)16(21)19-14-6-4-3-5-13(14)17/h3-6,11-12H,2,7-10H2,1H3,(H,18,20)(H,19,21). The Labute approximate surface area is 124 Å². The predicted octanol–water partition coefficient (Wildman–Crippen LogP) is 2.85. The van der Waals surface area contributed by atoms with Crippen molar-refractivity contribution in [3.63, 3.8) is 0 Å². The molecule has 0 spiro atoms. The molecule has 1 fully saturated rings. The van der Waals surface area contributed by atoms with Gasteiger partial charge in [-0.15, -0.1) is 0 Å². The minimum atomic E-state index is -0.822. The van der Waals surface area contributed by atoms with Gasteiger partial charge in [0.05, 0.1) is 5.69 Å². The molecule has 0 radical (unpaired) electrons. The lowest BCUT2D eigenvalue weighted by Gasteiger charge is -2.28. The van der Waals surface area contributed by atoms with E-state index in [9.17, 15) is 14.0 Å². The summed E-state index contributed by atoms with van der Waals surface area (Å²) < 4.78 is 13.4. The van der Waals surface area contributed by atoms with Gasteiger partial charge in [0.25, 0.3) is 0 Å². The Morgan fingerprint density at radius 3 is 2.43 bits per heavy atom. The topological polar surface area (TPSA) is 58.2 Å². The quantitative estimate of drug-likeness (QED) is 0.842. The average Bonchev–Trinajstić information content (AvgIpc) is 2.50. The van der Waals surface area contributed by atoms with Gasteiger partial charge in [-0.05, 0) is 43.7 Å². The normalized spacial score (nSPS) is 21.6. The lowest BCUT2D eigenvalue weighted by molar-refractivity contribution is -0.136. The maximum absolute atomic E-state index is 13.4. The molecule has 0 heterocycles. The second-order valence-corrected chi connectivity index (χ2v) is 5.53. The van der Waals surface area contributed by atoms with Crippen molar-refractivity contribution in [2.45, 2.75) is 45.1 Å². The van der Waals surface area contributed by atoms with E-state index in [1.165, 1.54) is 18.2 Å². The van der Waals surface area contributed by atoms with Gasteiger partial charge in [0, 0.05) is 6.04 Å². The lowest BCUT2D eigenvalue weighted by Crippen LogP contribution is -2.43. The molecule has 2 rings (SSSR count). The SMILES string of the molecule is CCC1CCC(NC(=O)C(=O)Nc2ccccc2F)CC1. The Kier molecular flexibility index (Phi) is 5.31. The van der Waals surface area contributed by atoms with Gasteiger partial charge < -0.3 is 10.6 Å². The van der Waals surface area contributed by atoms with Crippen molar-refractivity contribution in [3.8, 4) is 0 Å². The van der Waals surface area contributed by atoms with Crippen molar-refractivity contribution in [2.24, 2.45) is 5.92 Å². The van der Waals surface area contributed by atoms with E-state index in [1.54, 1.807) is 6.07 Å². The molecule has 0 aromatic heterocycles. The number of nitrogens with one attached hydrogen (secondary N) is 2. The summed E-state index contributed by atoms with van der Waals surface area (Å²) in [7, 11) is 0. The van der Waals surface area contributed by atoms with Gasteiger partial charge in [-0.2, -0.15) is 0 Å². The molecule has 2 amide bonds. The molecule has 0 aliphatic heterocycles. The Bertz CT molecular complexity index is 511. The summed E-state index contributed by atoms with van der Waals surface area (Å²) in [5.74, 6) is -1.34. The Balaban J connectivity index is 1.83. The minimum Gasteiger partial charge on any atom is -0.345 e. The van der Waals surface area contributed by atoms with Crippen LogP contribution in [0.5, 0.6) is 0 Å². The van der Waals surface area contributed by atoms with E-state index in [1.807, 2.05) is 0 Å². The van der Waals surface area contributed by atoms with Crippen LogP contribution in [0.3, 0.4) is 0 Å². The van der Waals surface area contributed by atoms with E-state index >= 15 is 0 Å². The third-order valence-corrected chi connectivity index (χ3v) is 4.09. The molecule has 5 heteroatoms. The van der Waals surface area contributed by atoms with Crippen LogP contribution in [0.25, 0.3) is 0 Å². The smallest absolute Gasteiger partial charge is 0.313 e. The van der Waals surface area contributed by atoms with E-state index in [0.29, 0.717) is 0 Å². The van der Waals surface area contributed by atoms with Gasteiger partial charge in [0.1, 0.15) is 5.82 Å². The number of hydrogen-bond acceptors (Lipinski definition) is 2. The van der Waals surface area contributed by atoms with Gasteiger partial charge in [-0.3, -0.25) is 9.59 Å². The van der Waals surface area contributed by atoms with Crippen LogP contribution in [0.4, 0.5) is 10.1 Å². The molecule has 0 unspecified atom stereocenters. The van der Waals surface area contributed by atoms with Gasteiger partial charge in [0.15, 0.2) is 0 Å². The van der Waals surface area contributed by atoms with Crippen molar-refractivity contribution >= 4 is 17.5 Å². The predicted molar refractivity (Wildman–Crippen MR) is 79.2 cm³/mol. The van der Waals surface area contributed by atoms with E-state index in [-0.39, 0.29) is 11.7 Å². The number of rotatable bonds is 3. The van der Waals surface area contributed by atoms with Crippen molar-refractivity contribution in [1.82, 2.24) is 5.32 Å². The number of amides is 2. The molecule has 0 saturated heterocycles. The summed E-state index contributed by atoms with van der Waals surface area (Å²) in [5, 5.41) is 5.02. The highest BCUT2D eigenvalue weighted by atomic mass is 19.1. The second-order valence-electron chi connectivity index (χ2n) is 5.53. The third kappa shape index (κ3) is 4.28. The minimum absolute atomic E-state index is 0.0207. The van der Waals surface area contributed by atoms with Crippen LogP contribution in [0, 0.1) is 11.7 Å². The summed E-state index contributed by atoms with van der Waals surface area (Å²) in [4.78, 5) is 23.6. The summed E-state index contributed by atoms with van der Waals surface area (Å²) in [6, 6.07) is 5.83. The first-order chi connectivity index (χ1) is 10.1. The molecule has 0 atom stereocenters. The summed E-state index contributed by atoms with van der Waals surface area (Å²) in [6.07, 6.45) is 5.12. The number of carbonyl (C=O) groups excluding carboxylic acids is 2. The van der Waals surface area contributed by atoms with Crippen LogP contribution in [0.15, 0.2) is 24.3 Å². The molecular weight excluding hydrogens is 271 g/mol. The second kappa shape index (κ2) is 7.20. The van der Waals surface area contributed by atoms with Crippen LogP contribution in [-0.4, -0.2) is 17.9 Å². The van der Waals surface area contributed by atoms with Gasteiger partial charge in [0.2, 0.25) is 0 Å². The first-order valence-electron chi connectivity index (χ1n) is 7.46. The van der Waals surface area contributed by atoms with Crippen LogP contribution in [-0.2, 0) is 9.59 Å². The highest BCUT2D eigenvalue weighted by Crippen LogP contribution is 2.26. The summed E-state index contributed by atoms with van der Waals surface area (Å²) >= 11 is 0. The summed E-state index contributed by atoms with van der Waals surface area (Å²) in [5.41, 5.74) is 0.0207. The number of benzene rings is 1.